The first-order valence-electron chi connectivity index (χ1n) is 8.31. The Morgan fingerprint density at radius 2 is 1.96 bits per heavy atom. The van der Waals surface area contributed by atoms with Crippen LogP contribution in [-0.4, -0.2) is 31.2 Å². The standard InChI is InChI=1S/C19H26N2O3S/c1-19(2,3)18-21-12-16(25-18)13-24-10-9-20-11-14-5-7-15(8-6-14)17(22)23-4/h5-8,12,20H,9-11,13H2,1-4H3. The van der Waals surface area contributed by atoms with Crippen LogP contribution >= 0.6 is 11.3 Å². The zero-order valence-corrected chi connectivity index (χ0v) is 16.1. The smallest absolute Gasteiger partial charge is 0.337 e. The van der Waals surface area contributed by atoms with E-state index in [-0.39, 0.29) is 11.4 Å². The van der Waals surface area contributed by atoms with Gasteiger partial charge in [-0.25, -0.2) is 9.78 Å². The van der Waals surface area contributed by atoms with E-state index in [4.69, 9.17) is 4.74 Å². The molecule has 0 radical (unpaired) electrons. The second kappa shape index (κ2) is 9.08. The summed E-state index contributed by atoms with van der Waals surface area (Å²) in [6.45, 7) is 9.24. The average Bonchev–Trinajstić information content (AvgIpc) is 3.07. The fourth-order valence-corrected chi connectivity index (χ4v) is 3.05. The predicted octanol–water partition coefficient (Wildman–Crippen LogP) is 3.53. The fourth-order valence-electron chi connectivity index (χ4n) is 2.15. The number of benzene rings is 1. The molecule has 1 aromatic heterocycles. The van der Waals surface area contributed by atoms with Crippen LogP contribution in [0.25, 0.3) is 0 Å². The molecule has 5 nitrogen and oxygen atoms in total. The average molecular weight is 362 g/mol. The number of carbonyl (C=O) groups is 1. The van der Waals surface area contributed by atoms with Gasteiger partial charge in [-0.1, -0.05) is 32.9 Å². The van der Waals surface area contributed by atoms with E-state index in [1.54, 1.807) is 23.5 Å². The molecule has 0 bridgehead atoms. The van der Waals surface area contributed by atoms with E-state index in [1.807, 2.05) is 18.3 Å². The van der Waals surface area contributed by atoms with E-state index in [0.717, 1.165) is 28.5 Å². The summed E-state index contributed by atoms with van der Waals surface area (Å²) in [7, 11) is 1.38. The number of hydrogen-bond acceptors (Lipinski definition) is 6. The molecule has 0 amide bonds. The Morgan fingerprint density at radius 1 is 1.24 bits per heavy atom. The van der Waals surface area contributed by atoms with Gasteiger partial charge in [0.2, 0.25) is 0 Å². The number of hydrogen-bond donors (Lipinski definition) is 1. The van der Waals surface area contributed by atoms with Crippen LogP contribution in [0.15, 0.2) is 30.5 Å². The number of esters is 1. The number of rotatable bonds is 8. The highest BCUT2D eigenvalue weighted by Crippen LogP contribution is 2.26. The molecule has 0 saturated heterocycles. The largest absolute Gasteiger partial charge is 0.465 e. The molecule has 1 aromatic carbocycles. The molecule has 0 saturated carbocycles. The summed E-state index contributed by atoms with van der Waals surface area (Å²) >= 11 is 1.71. The first-order valence-corrected chi connectivity index (χ1v) is 9.12. The van der Waals surface area contributed by atoms with E-state index >= 15 is 0 Å². The van der Waals surface area contributed by atoms with Crippen molar-refractivity contribution in [2.45, 2.75) is 39.3 Å². The van der Waals surface area contributed by atoms with Crippen LogP contribution in [0, 0.1) is 0 Å². The van der Waals surface area contributed by atoms with Gasteiger partial charge in [0.15, 0.2) is 0 Å². The third-order valence-electron chi connectivity index (χ3n) is 3.57. The number of thiazole rings is 1. The maximum absolute atomic E-state index is 11.4. The normalized spacial score (nSPS) is 11.5. The molecule has 136 valence electrons. The van der Waals surface area contributed by atoms with Crippen molar-refractivity contribution in [1.82, 2.24) is 10.3 Å². The summed E-state index contributed by atoms with van der Waals surface area (Å²) in [4.78, 5) is 17.0. The highest BCUT2D eigenvalue weighted by Gasteiger charge is 2.17. The van der Waals surface area contributed by atoms with Gasteiger partial charge in [-0.2, -0.15) is 0 Å². The van der Waals surface area contributed by atoms with Gasteiger partial charge >= 0.3 is 5.97 Å². The Morgan fingerprint density at radius 3 is 2.56 bits per heavy atom. The molecule has 2 aromatic rings. The summed E-state index contributed by atoms with van der Waals surface area (Å²) < 4.78 is 10.4. The Hall–Kier alpha value is -1.76. The summed E-state index contributed by atoms with van der Waals surface area (Å²) in [5.74, 6) is -0.314. The van der Waals surface area contributed by atoms with Crippen molar-refractivity contribution in [3.63, 3.8) is 0 Å². The van der Waals surface area contributed by atoms with Crippen molar-refractivity contribution in [2.24, 2.45) is 0 Å². The summed E-state index contributed by atoms with van der Waals surface area (Å²) in [5, 5.41) is 4.47. The van der Waals surface area contributed by atoms with Gasteiger partial charge in [0.25, 0.3) is 0 Å². The Kier molecular flexibility index (Phi) is 7.11. The van der Waals surface area contributed by atoms with Gasteiger partial charge in [-0.15, -0.1) is 11.3 Å². The van der Waals surface area contributed by atoms with E-state index in [2.05, 4.69) is 35.8 Å². The lowest BCUT2D eigenvalue weighted by atomic mass is 9.98. The predicted molar refractivity (Wildman–Crippen MR) is 100.0 cm³/mol. The van der Waals surface area contributed by atoms with E-state index in [9.17, 15) is 4.79 Å². The van der Waals surface area contributed by atoms with Gasteiger partial charge in [0, 0.05) is 24.7 Å². The molecule has 2 rings (SSSR count). The number of aromatic nitrogens is 1. The van der Waals surface area contributed by atoms with Crippen molar-refractivity contribution in [1.29, 1.82) is 0 Å². The molecule has 0 spiro atoms. The van der Waals surface area contributed by atoms with Crippen molar-refractivity contribution in [3.05, 3.63) is 51.5 Å². The van der Waals surface area contributed by atoms with Crippen molar-refractivity contribution >= 4 is 17.3 Å². The minimum atomic E-state index is -0.314. The second-order valence-electron chi connectivity index (χ2n) is 6.80. The van der Waals surface area contributed by atoms with E-state index < -0.39 is 0 Å². The molecule has 0 fully saturated rings. The molecule has 25 heavy (non-hydrogen) atoms. The lowest BCUT2D eigenvalue weighted by Crippen LogP contribution is -2.19. The quantitative estimate of drug-likeness (QED) is 0.575. The van der Waals surface area contributed by atoms with Crippen molar-refractivity contribution < 1.29 is 14.3 Å². The van der Waals surface area contributed by atoms with E-state index in [0.29, 0.717) is 18.8 Å². The van der Waals surface area contributed by atoms with E-state index in [1.165, 1.54) is 7.11 Å². The number of carbonyl (C=O) groups excluding carboxylic acids is 1. The summed E-state index contributed by atoms with van der Waals surface area (Å²) in [6, 6.07) is 7.39. The van der Waals surface area contributed by atoms with Crippen molar-refractivity contribution in [3.8, 4) is 0 Å². The van der Waals surface area contributed by atoms with Crippen LogP contribution in [0.2, 0.25) is 0 Å². The molecule has 0 atom stereocenters. The molecule has 0 aliphatic carbocycles. The molecule has 6 heteroatoms. The Bertz CT molecular complexity index is 675. The molecular weight excluding hydrogens is 336 g/mol. The number of nitrogens with one attached hydrogen (secondary N) is 1. The lowest BCUT2D eigenvalue weighted by Gasteiger charge is -2.13. The minimum Gasteiger partial charge on any atom is -0.465 e. The highest BCUT2D eigenvalue weighted by molar-refractivity contribution is 7.11. The van der Waals surface area contributed by atoms with Crippen LogP contribution in [0.4, 0.5) is 0 Å². The van der Waals surface area contributed by atoms with Crippen LogP contribution in [0.1, 0.15) is 46.6 Å². The lowest BCUT2D eigenvalue weighted by molar-refractivity contribution is 0.0600. The molecular formula is C19H26N2O3S. The molecule has 0 aliphatic rings. The Balaban J connectivity index is 1.63. The first-order chi connectivity index (χ1) is 11.9. The monoisotopic (exact) mass is 362 g/mol. The van der Waals surface area contributed by atoms with Crippen LogP contribution in [0.3, 0.4) is 0 Å². The van der Waals surface area contributed by atoms with Gasteiger partial charge in [-0.05, 0) is 17.7 Å². The zero-order chi connectivity index (χ0) is 18.3. The number of methoxy groups -OCH3 is 1. The molecule has 1 heterocycles. The van der Waals surface area contributed by atoms with Crippen LogP contribution in [-0.2, 0) is 28.0 Å². The third-order valence-corrected chi connectivity index (χ3v) is 4.96. The SMILES string of the molecule is COC(=O)c1ccc(CNCCOCc2cnc(C(C)(C)C)s2)cc1. The van der Waals surface area contributed by atoms with Gasteiger partial charge < -0.3 is 14.8 Å². The first kappa shape index (κ1) is 19.6. The summed E-state index contributed by atoms with van der Waals surface area (Å²) in [6.07, 6.45) is 1.90. The third kappa shape index (κ3) is 6.23. The van der Waals surface area contributed by atoms with Gasteiger partial charge in [0.1, 0.15) is 0 Å². The Labute approximate surface area is 153 Å². The zero-order valence-electron chi connectivity index (χ0n) is 15.3. The highest BCUT2D eigenvalue weighted by atomic mass is 32.1. The number of ether oxygens (including phenoxy) is 2. The van der Waals surface area contributed by atoms with Gasteiger partial charge in [-0.3, -0.25) is 0 Å². The number of nitrogens with zero attached hydrogens (tertiary/aromatic N) is 1. The minimum absolute atomic E-state index is 0.0912. The van der Waals surface area contributed by atoms with Crippen LogP contribution < -0.4 is 5.32 Å². The maximum atomic E-state index is 11.4. The molecule has 0 unspecified atom stereocenters. The maximum Gasteiger partial charge on any atom is 0.337 e. The fraction of sp³-hybridized carbons (Fsp3) is 0.474. The summed E-state index contributed by atoms with van der Waals surface area (Å²) in [5.41, 5.74) is 1.77. The van der Waals surface area contributed by atoms with Crippen molar-refractivity contribution in [2.75, 3.05) is 20.3 Å². The van der Waals surface area contributed by atoms with Crippen LogP contribution in [0.5, 0.6) is 0 Å². The molecule has 1 N–H and O–H groups in total. The van der Waals surface area contributed by atoms with Gasteiger partial charge in [0.05, 0.1) is 35.8 Å². The topological polar surface area (TPSA) is 60.5 Å². The second-order valence-corrected chi connectivity index (χ2v) is 7.91. The molecule has 0 aliphatic heterocycles.